The van der Waals surface area contributed by atoms with Gasteiger partial charge < -0.3 is 15.6 Å². The van der Waals surface area contributed by atoms with E-state index in [-0.39, 0.29) is 11.9 Å². The average Bonchev–Trinajstić information content (AvgIpc) is 3.41. The number of aromatic nitrogens is 3. The number of rotatable bonds is 5. The van der Waals surface area contributed by atoms with Gasteiger partial charge in [0.15, 0.2) is 5.65 Å². The second kappa shape index (κ2) is 7.85. The Labute approximate surface area is 183 Å². The molecule has 1 atom stereocenters. The van der Waals surface area contributed by atoms with Crippen LogP contribution in [-0.4, -0.2) is 20.4 Å². The second-order valence-corrected chi connectivity index (χ2v) is 8.40. The van der Waals surface area contributed by atoms with Gasteiger partial charge in [-0.05, 0) is 36.1 Å². The number of hydrogen-bond donors (Lipinski definition) is 2. The predicted octanol–water partition coefficient (Wildman–Crippen LogP) is 4.77. The molecular formula is C24H21N5OS. The number of nitrogens with one attached hydrogen (secondary N) is 1. The van der Waals surface area contributed by atoms with Crippen molar-refractivity contribution >= 4 is 45.3 Å². The number of amides is 1. The van der Waals surface area contributed by atoms with Gasteiger partial charge in [-0.1, -0.05) is 48.5 Å². The molecule has 7 heteroatoms. The summed E-state index contributed by atoms with van der Waals surface area (Å²) in [6.07, 6.45) is 0. The highest BCUT2D eigenvalue weighted by Crippen LogP contribution is 2.33. The summed E-state index contributed by atoms with van der Waals surface area (Å²) < 4.78 is 1.91. The number of hydrogen-bond acceptors (Lipinski definition) is 5. The maximum Gasteiger partial charge on any atom is 0.257 e. The first-order valence-electron chi connectivity index (χ1n) is 10.0. The zero-order chi connectivity index (χ0) is 21.4. The summed E-state index contributed by atoms with van der Waals surface area (Å²) in [4.78, 5) is 23.9. The van der Waals surface area contributed by atoms with Crippen LogP contribution in [0.4, 0.5) is 5.82 Å². The number of carbonyl (C=O) groups excluding carboxylic acids is 1. The number of fused-ring (bicyclic) bond motifs is 2. The third-order valence-corrected chi connectivity index (χ3v) is 6.31. The van der Waals surface area contributed by atoms with Crippen LogP contribution in [0.15, 0.2) is 72.1 Å². The maximum atomic E-state index is 13.2. The molecule has 5 aromatic rings. The molecule has 154 valence electrons. The van der Waals surface area contributed by atoms with Crippen LogP contribution in [0.1, 0.15) is 33.8 Å². The first-order valence-corrected chi connectivity index (χ1v) is 10.9. The maximum absolute atomic E-state index is 13.2. The summed E-state index contributed by atoms with van der Waals surface area (Å²) in [6, 6.07) is 21.5. The van der Waals surface area contributed by atoms with E-state index in [0.29, 0.717) is 29.1 Å². The molecule has 0 spiro atoms. The normalized spacial score (nSPS) is 12.3. The van der Waals surface area contributed by atoms with Crippen LogP contribution in [0.5, 0.6) is 0 Å². The van der Waals surface area contributed by atoms with E-state index in [9.17, 15) is 4.79 Å². The lowest BCUT2D eigenvalue weighted by Crippen LogP contribution is -2.23. The van der Waals surface area contributed by atoms with E-state index in [1.807, 2.05) is 76.7 Å². The number of nitrogens with zero attached hydrogens (tertiary/aromatic N) is 3. The Morgan fingerprint density at radius 1 is 1.03 bits per heavy atom. The Balaban J connectivity index is 1.67. The van der Waals surface area contributed by atoms with E-state index in [4.69, 9.17) is 15.7 Å². The number of benzene rings is 2. The van der Waals surface area contributed by atoms with Crippen molar-refractivity contribution < 1.29 is 4.79 Å². The zero-order valence-corrected chi connectivity index (χ0v) is 17.8. The highest BCUT2D eigenvalue weighted by molar-refractivity contribution is 7.09. The van der Waals surface area contributed by atoms with E-state index in [0.717, 1.165) is 21.5 Å². The molecule has 0 bridgehead atoms. The molecule has 31 heavy (non-hydrogen) atoms. The minimum Gasteiger partial charge on any atom is -0.384 e. The first-order chi connectivity index (χ1) is 15.1. The zero-order valence-electron chi connectivity index (χ0n) is 16.9. The third-order valence-electron chi connectivity index (χ3n) is 5.43. The van der Waals surface area contributed by atoms with Crippen molar-refractivity contribution in [2.45, 2.75) is 19.5 Å². The fraction of sp³-hybridized carbons (Fsp3) is 0.125. The summed E-state index contributed by atoms with van der Waals surface area (Å²) in [5.41, 5.74) is 10.6. The second-order valence-electron chi connectivity index (χ2n) is 7.36. The molecule has 5 rings (SSSR count). The Morgan fingerprint density at radius 3 is 2.45 bits per heavy atom. The van der Waals surface area contributed by atoms with Gasteiger partial charge in [-0.3, -0.25) is 4.79 Å². The number of carbonyl (C=O) groups is 1. The third kappa shape index (κ3) is 3.43. The van der Waals surface area contributed by atoms with Crippen LogP contribution < -0.4 is 11.1 Å². The number of anilines is 1. The Hall–Kier alpha value is -3.71. The van der Waals surface area contributed by atoms with Crippen molar-refractivity contribution in [2.24, 2.45) is 0 Å². The highest BCUT2D eigenvalue weighted by Gasteiger charge is 2.26. The monoisotopic (exact) mass is 427 g/mol. The molecule has 1 amide bonds. The van der Waals surface area contributed by atoms with Gasteiger partial charge in [-0.25, -0.2) is 9.97 Å². The molecule has 0 saturated carbocycles. The van der Waals surface area contributed by atoms with Crippen LogP contribution in [0.25, 0.3) is 22.2 Å². The van der Waals surface area contributed by atoms with Gasteiger partial charge >= 0.3 is 0 Å². The summed E-state index contributed by atoms with van der Waals surface area (Å²) >= 11 is 1.60. The summed E-state index contributed by atoms with van der Waals surface area (Å²) in [6.45, 7) is 2.49. The first kappa shape index (κ1) is 19.3. The molecule has 6 nitrogen and oxygen atoms in total. The van der Waals surface area contributed by atoms with E-state index in [1.54, 1.807) is 11.3 Å². The quantitative estimate of drug-likeness (QED) is 0.423. The van der Waals surface area contributed by atoms with Gasteiger partial charge in [0.25, 0.3) is 5.91 Å². The van der Waals surface area contributed by atoms with Crippen molar-refractivity contribution in [3.63, 3.8) is 0 Å². The van der Waals surface area contributed by atoms with E-state index in [1.165, 1.54) is 0 Å². The number of para-hydroxylation sites is 2. The topological polar surface area (TPSA) is 85.8 Å². The molecular weight excluding hydrogens is 406 g/mol. The van der Waals surface area contributed by atoms with Crippen LogP contribution >= 0.6 is 11.3 Å². The minimum atomic E-state index is -0.250. The molecule has 0 fully saturated rings. The van der Waals surface area contributed by atoms with E-state index >= 15 is 0 Å². The van der Waals surface area contributed by atoms with Gasteiger partial charge in [-0.15, -0.1) is 11.3 Å². The molecule has 0 aliphatic heterocycles. The smallest absolute Gasteiger partial charge is 0.257 e. The van der Waals surface area contributed by atoms with Crippen LogP contribution in [-0.2, 0) is 6.54 Å². The number of nitrogen functional groups attached to an aromatic ring is 1. The van der Waals surface area contributed by atoms with Crippen molar-refractivity contribution in [1.82, 2.24) is 19.9 Å². The summed E-state index contributed by atoms with van der Waals surface area (Å²) in [5, 5.41) is 4.97. The van der Waals surface area contributed by atoms with Gasteiger partial charge in [0.2, 0.25) is 0 Å². The number of nitrogens with two attached hydrogens (primary N) is 1. The van der Waals surface area contributed by atoms with Crippen LogP contribution in [0.2, 0.25) is 0 Å². The van der Waals surface area contributed by atoms with Gasteiger partial charge in [0, 0.05) is 4.88 Å². The highest BCUT2D eigenvalue weighted by atomic mass is 32.1. The fourth-order valence-corrected chi connectivity index (χ4v) is 4.49. The lowest BCUT2D eigenvalue weighted by molar-refractivity contribution is 0.0953. The summed E-state index contributed by atoms with van der Waals surface area (Å²) in [7, 11) is 0. The molecule has 3 aromatic heterocycles. The number of thiophene rings is 1. The molecule has 3 heterocycles. The van der Waals surface area contributed by atoms with Crippen molar-refractivity contribution in [3.05, 3.63) is 88.1 Å². The lowest BCUT2D eigenvalue weighted by Gasteiger charge is -2.17. The SMILES string of the molecule is C[C@@H](c1ccccc1)n1c(N)c(C(=O)NCc2cccs2)c2nc3ccccc3nc21. The fourth-order valence-electron chi connectivity index (χ4n) is 3.85. The van der Waals surface area contributed by atoms with Gasteiger partial charge in [0.05, 0.1) is 23.6 Å². The molecule has 3 N–H and O–H groups in total. The van der Waals surface area contributed by atoms with Crippen molar-refractivity contribution in [1.29, 1.82) is 0 Å². The lowest BCUT2D eigenvalue weighted by atomic mass is 10.1. The van der Waals surface area contributed by atoms with Gasteiger partial charge in [0.1, 0.15) is 16.9 Å². The van der Waals surface area contributed by atoms with Crippen molar-refractivity contribution in [2.75, 3.05) is 5.73 Å². The van der Waals surface area contributed by atoms with E-state index in [2.05, 4.69) is 12.2 Å². The molecule has 2 aromatic carbocycles. The standard InChI is InChI=1S/C24H21N5OS/c1-15(16-8-3-2-4-9-16)29-22(25)20(24(30)26-14-17-10-7-13-31-17)21-23(29)28-19-12-6-5-11-18(19)27-21/h2-13,15H,14,25H2,1H3,(H,26,30)/t15-/m0/s1. The van der Waals surface area contributed by atoms with E-state index < -0.39 is 0 Å². The largest absolute Gasteiger partial charge is 0.384 e. The molecule has 0 radical (unpaired) electrons. The predicted molar refractivity (Wildman–Crippen MR) is 125 cm³/mol. The van der Waals surface area contributed by atoms with Crippen molar-refractivity contribution in [3.8, 4) is 0 Å². The van der Waals surface area contributed by atoms with Crippen LogP contribution in [0.3, 0.4) is 0 Å². The Morgan fingerprint density at radius 2 is 1.74 bits per heavy atom. The Bertz CT molecular complexity index is 1380. The molecule has 0 aliphatic rings. The molecule has 0 saturated heterocycles. The minimum absolute atomic E-state index is 0.113. The van der Waals surface area contributed by atoms with Gasteiger partial charge in [-0.2, -0.15) is 0 Å². The summed E-state index contributed by atoms with van der Waals surface area (Å²) in [5.74, 6) is 0.116. The molecule has 0 unspecified atom stereocenters. The van der Waals surface area contributed by atoms with Crippen LogP contribution in [0, 0.1) is 0 Å². The molecule has 0 aliphatic carbocycles. The Kier molecular flexibility index (Phi) is 4.88. The average molecular weight is 428 g/mol.